The molecule has 1 aromatic carbocycles. The van der Waals surface area contributed by atoms with Crippen molar-refractivity contribution in [1.82, 2.24) is 0 Å². The van der Waals surface area contributed by atoms with Gasteiger partial charge in [0.05, 0.1) is 7.11 Å². The molecule has 0 amide bonds. The predicted octanol–water partition coefficient (Wildman–Crippen LogP) is 3.45. The van der Waals surface area contributed by atoms with Crippen molar-refractivity contribution in [2.75, 3.05) is 7.11 Å². The molecule has 1 aromatic rings. The third-order valence-corrected chi connectivity index (χ3v) is 3.30. The number of hydrogen-bond donors (Lipinski definition) is 1. The highest BCUT2D eigenvalue weighted by Crippen LogP contribution is 2.40. The second-order valence-electron chi connectivity index (χ2n) is 4.23. The van der Waals surface area contributed by atoms with Gasteiger partial charge in [-0.05, 0) is 24.8 Å². The number of aromatic hydroxyl groups is 1. The number of methoxy groups -OCH3 is 1. The molecular weight excluding hydrogens is 188 g/mol. The summed E-state index contributed by atoms with van der Waals surface area (Å²) >= 11 is 0. The van der Waals surface area contributed by atoms with E-state index in [0.717, 1.165) is 5.56 Å². The SMILES string of the molecule is COc1cccc(C2CCCCC2)c1O. The first-order valence-corrected chi connectivity index (χ1v) is 5.69. The van der Waals surface area contributed by atoms with Gasteiger partial charge in [-0.2, -0.15) is 0 Å². The minimum Gasteiger partial charge on any atom is -0.504 e. The van der Waals surface area contributed by atoms with Gasteiger partial charge in [0.2, 0.25) is 0 Å². The molecule has 82 valence electrons. The molecule has 0 aromatic heterocycles. The highest BCUT2D eigenvalue weighted by Gasteiger charge is 2.19. The van der Waals surface area contributed by atoms with Crippen LogP contribution in [-0.4, -0.2) is 12.2 Å². The van der Waals surface area contributed by atoms with Crippen LogP contribution in [0.25, 0.3) is 0 Å². The van der Waals surface area contributed by atoms with Crippen LogP contribution in [0.5, 0.6) is 11.5 Å². The fourth-order valence-corrected chi connectivity index (χ4v) is 2.45. The van der Waals surface area contributed by atoms with E-state index >= 15 is 0 Å². The van der Waals surface area contributed by atoms with Crippen molar-refractivity contribution >= 4 is 0 Å². The van der Waals surface area contributed by atoms with Crippen LogP contribution >= 0.6 is 0 Å². The minimum atomic E-state index is 0.340. The van der Waals surface area contributed by atoms with Crippen LogP contribution in [0.3, 0.4) is 0 Å². The number of para-hydroxylation sites is 1. The molecule has 15 heavy (non-hydrogen) atoms. The zero-order chi connectivity index (χ0) is 10.7. The lowest BCUT2D eigenvalue weighted by Crippen LogP contribution is -2.05. The molecule has 2 heteroatoms. The molecule has 0 bridgehead atoms. The number of benzene rings is 1. The van der Waals surface area contributed by atoms with Crippen molar-refractivity contribution in [2.24, 2.45) is 0 Å². The third kappa shape index (κ3) is 2.09. The topological polar surface area (TPSA) is 29.5 Å². The Morgan fingerprint density at radius 3 is 2.60 bits per heavy atom. The second kappa shape index (κ2) is 4.56. The maximum Gasteiger partial charge on any atom is 0.161 e. The predicted molar refractivity (Wildman–Crippen MR) is 60.5 cm³/mol. The summed E-state index contributed by atoms with van der Waals surface area (Å²) in [4.78, 5) is 0. The summed E-state index contributed by atoms with van der Waals surface area (Å²) in [6, 6.07) is 5.79. The Morgan fingerprint density at radius 2 is 1.93 bits per heavy atom. The van der Waals surface area contributed by atoms with Crippen LogP contribution in [0.2, 0.25) is 0 Å². The first-order valence-electron chi connectivity index (χ1n) is 5.69. The quantitative estimate of drug-likeness (QED) is 0.803. The highest BCUT2D eigenvalue weighted by molar-refractivity contribution is 5.47. The summed E-state index contributed by atoms with van der Waals surface area (Å²) < 4.78 is 5.13. The molecule has 0 aliphatic heterocycles. The molecule has 0 saturated heterocycles. The lowest BCUT2D eigenvalue weighted by Gasteiger charge is -2.23. The van der Waals surface area contributed by atoms with E-state index < -0.39 is 0 Å². The van der Waals surface area contributed by atoms with E-state index in [1.165, 1.54) is 32.1 Å². The van der Waals surface area contributed by atoms with Gasteiger partial charge in [-0.25, -0.2) is 0 Å². The smallest absolute Gasteiger partial charge is 0.161 e. The number of rotatable bonds is 2. The standard InChI is InChI=1S/C13H18O2/c1-15-12-9-5-8-11(13(12)14)10-6-3-2-4-7-10/h5,8-10,14H,2-4,6-7H2,1H3. The fourth-order valence-electron chi connectivity index (χ4n) is 2.45. The van der Waals surface area contributed by atoms with Crippen LogP contribution < -0.4 is 4.74 Å². The summed E-state index contributed by atoms with van der Waals surface area (Å²) in [7, 11) is 1.60. The Balaban J connectivity index is 2.26. The van der Waals surface area contributed by atoms with Crippen LogP contribution in [-0.2, 0) is 0 Å². The molecule has 2 nitrogen and oxygen atoms in total. The Labute approximate surface area is 90.9 Å². The zero-order valence-corrected chi connectivity index (χ0v) is 9.20. The van der Waals surface area contributed by atoms with E-state index in [-0.39, 0.29) is 0 Å². The lowest BCUT2D eigenvalue weighted by atomic mass is 9.83. The molecule has 2 rings (SSSR count). The van der Waals surface area contributed by atoms with Crippen LogP contribution in [0.4, 0.5) is 0 Å². The van der Waals surface area contributed by atoms with Gasteiger partial charge in [0.1, 0.15) is 0 Å². The van der Waals surface area contributed by atoms with Crippen molar-refractivity contribution in [1.29, 1.82) is 0 Å². The first kappa shape index (κ1) is 10.3. The Bertz CT molecular complexity index is 327. The molecule has 1 N–H and O–H groups in total. The molecule has 0 unspecified atom stereocenters. The Morgan fingerprint density at radius 1 is 1.20 bits per heavy atom. The maximum atomic E-state index is 10.0. The van der Waals surface area contributed by atoms with Gasteiger partial charge < -0.3 is 9.84 Å². The zero-order valence-electron chi connectivity index (χ0n) is 9.20. The molecular formula is C13H18O2. The minimum absolute atomic E-state index is 0.340. The van der Waals surface area contributed by atoms with E-state index in [9.17, 15) is 5.11 Å². The van der Waals surface area contributed by atoms with E-state index in [1.807, 2.05) is 18.2 Å². The van der Waals surface area contributed by atoms with Crippen molar-refractivity contribution in [3.05, 3.63) is 23.8 Å². The first-order chi connectivity index (χ1) is 7.33. The van der Waals surface area contributed by atoms with E-state index in [4.69, 9.17) is 4.74 Å². The lowest BCUT2D eigenvalue weighted by molar-refractivity contribution is 0.361. The maximum absolute atomic E-state index is 10.0. The number of phenolic OH excluding ortho intramolecular Hbond substituents is 1. The van der Waals surface area contributed by atoms with E-state index in [1.54, 1.807) is 7.11 Å². The molecule has 1 aliphatic rings. The fraction of sp³-hybridized carbons (Fsp3) is 0.538. The molecule has 0 spiro atoms. The summed E-state index contributed by atoms with van der Waals surface area (Å²) in [6.07, 6.45) is 6.28. The average molecular weight is 206 g/mol. The van der Waals surface area contributed by atoms with Gasteiger partial charge in [0.15, 0.2) is 11.5 Å². The molecule has 1 saturated carbocycles. The van der Waals surface area contributed by atoms with Crippen molar-refractivity contribution < 1.29 is 9.84 Å². The van der Waals surface area contributed by atoms with Crippen molar-refractivity contribution in [3.63, 3.8) is 0 Å². The summed E-state index contributed by atoms with van der Waals surface area (Å²) in [6.45, 7) is 0. The molecule has 0 atom stereocenters. The second-order valence-corrected chi connectivity index (χ2v) is 4.23. The van der Waals surface area contributed by atoms with E-state index in [2.05, 4.69) is 0 Å². The van der Waals surface area contributed by atoms with Crippen molar-refractivity contribution in [2.45, 2.75) is 38.0 Å². The molecule has 1 aliphatic carbocycles. The monoisotopic (exact) mass is 206 g/mol. The Kier molecular flexibility index (Phi) is 3.14. The van der Waals surface area contributed by atoms with Crippen LogP contribution in [0.1, 0.15) is 43.6 Å². The molecule has 1 fully saturated rings. The molecule has 0 heterocycles. The van der Waals surface area contributed by atoms with Gasteiger partial charge >= 0.3 is 0 Å². The van der Waals surface area contributed by atoms with Crippen LogP contribution in [0, 0.1) is 0 Å². The van der Waals surface area contributed by atoms with Gasteiger partial charge in [0, 0.05) is 5.56 Å². The summed E-state index contributed by atoms with van der Waals surface area (Å²) in [5.74, 6) is 1.46. The van der Waals surface area contributed by atoms with Gasteiger partial charge in [-0.1, -0.05) is 31.4 Å². The highest BCUT2D eigenvalue weighted by atomic mass is 16.5. The average Bonchev–Trinajstić information content (AvgIpc) is 2.30. The Hall–Kier alpha value is -1.18. The number of hydrogen-bond acceptors (Lipinski definition) is 2. The molecule has 0 radical (unpaired) electrons. The van der Waals surface area contributed by atoms with Gasteiger partial charge in [-0.15, -0.1) is 0 Å². The largest absolute Gasteiger partial charge is 0.504 e. The number of ether oxygens (including phenoxy) is 1. The van der Waals surface area contributed by atoms with Gasteiger partial charge in [0.25, 0.3) is 0 Å². The van der Waals surface area contributed by atoms with Gasteiger partial charge in [-0.3, -0.25) is 0 Å². The third-order valence-electron chi connectivity index (χ3n) is 3.30. The van der Waals surface area contributed by atoms with Crippen molar-refractivity contribution in [3.8, 4) is 11.5 Å². The summed E-state index contributed by atoms with van der Waals surface area (Å²) in [5.41, 5.74) is 1.06. The summed E-state index contributed by atoms with van der Waals surface area (Å²) in [5, 5.41) is 10.0. The van der Waals surface area contributed by atoms with Crippen LogP contribution in [0.15, 0.2) is 18.2 Å². The van der Waals surface area contributed by atoms with E-state index in [0.29, 0.717) is 17.4 Å². The number of phenols is 1. The normalized spacial score (nSPS) is 17.7.